The van der Waals surface area contributed by atoms with Gasteiger partial charge in [0.15, 0.2) is 0 Å². The molecule has 1 aliphatic heterocycles. The van der Waals surface area contributed by atoms with Gasteiger partial charge in [-0.1, -0.05) is 12.1 Å². The molecule has 27 heavy (non-hydrogen) atoms. The van der Waals surface area contributed by atoms with Gasteiger partial charge in [0.2, 0.25) is 0 Å². The third-order valence-electron chi connectivity index (χ3n) is 3.96. The summed E-state index contributed by atoms with van der Waals surface area (Å²) in [6.45, 7) is 5.82. The van der Waals surface area contributed by atoms with Crippen LogP contribution < -0.4 is 10.6 Å². The lowest BCUT2D eigenvalue weighted by Crippen LogP contribution is -2.40. The van der Waals surface area contributed by atoms with Crippen molar-refractivity contribution >= 4 is 41.0 Å². The van der Waals surface area contributed by atoms with Crippen LogP contribution in [0.15, 0.2) is 48.5 Å². The number of thioether (sulfide) groups is 2. The number of carbonyl (C=O) groups excluding carboxylic acids is 2. The van der Waals surface area contributed by atoms with Gasteiger partial charge in [0.25, 0.3) is 11.8 Å². The predicted octanol–water partition coefficient (Wildman–Crippen LogP) is 4.95. The molecule has 1 saturated heterocycles. The smallest absolute Gasteiger partial charge is 0.255 e. The SMILES string of the molecule is CC(C)(C)NC(=O)c1ccc(NC(=O)c2ccc(C3SCCS3)cc2)cc1. The van der Waals surface area contributed by atoms with E-state index in [9.17, 15) is 9.59 Å². The van der Waals surface area contributed by atoms with Crippen molar-refractivity contribution in [1.82, 2.24) is 5.32 Å². The van der Waals surface area contributed by atoms with E-state index in [1.807, 2.05) is 68.6 Å². The molecule has 0 bridgehead atoms. The first-order chi connectivity index (χ1) is 12.8. The second-order valence-corrected chi connectivity index (χ2v) is 10.2. The lowest BCUT2D eigenvalue weighted by molar-refractivity contribution is 0.0919. The highest BCUT2D eigenvalue weighted by molar-refractivity contribution is 8.19. The standard InChI is InChI=1S/C21H24N2O2S2/c1-21(2,3)23-19(25)15-8-10-17(11-9-15)22-18(24)14-4-6-16(7-5-14)20-26-12-13-27-20/h4-11,20H,12-13H2,1-3H3,(H,22,24)(H,23,25). The van der Waals surface area contributed by atoms with Crippen LogP contribution in [-0.2, 0) is 0 Å². The summed E-state index contributed by atoms with van der Waals surface area (Å²) in [4.78, 5) is 24.6. The van der Waals surface area contributed by atoms with Gasteiger partial charge in [0.05, 0.1) is 4.58 Å². The largest absolute Gasteiger partial charge is 0.347 e. The second-order valence-electron chi connectivity index (χ2n) is 7.43. The van der Waals surface area contributed by atoms with Crippen LogP contribution in [0, 0.1) is 0 Å². The second kappa shape index (κ2) is 8.40. The Morgan fingerprint density at radius 1 is 0.852 bits per heavy atom. The molecule has 1 aliphatic rings. The minimum Gasteiger partial charge on any atom is -0.347 e. The number of rotatable bonds is 4. The number of anilines is 1. The van der Waals surface area contributed by atoms with Crippen molar-refractivity contribution in [2.24, 2.45) is 0 Å². The molecule has 1 fully saturated rings. The van der Waals surface area contributed by atoms with Gasteiger partial charge in [-0.2, -0.15) is 0 Å². The van der Waals surface area contributed by atoms with Crippen molar-refractivity contribution in [3.63, 3.8) is 0 Å². The zero-order valence-corrected chi connectivity index (χ0v) is 17.4. The van der Waals surface area contributed by atoms with Gasteiger partial charge in [-0.15, -0.1) is 23.5 Å². The van der Waals surface area contributed by atoms with Crippen LogP contribution in [0.2, 0.25) is 0 Å². The number of amides is 2. The summed E-state index contributed by atoms with van der Waals surface area (Å²) >= 11 is 3.90. The number of hydrogen-bond acceptors (Lipinski definition) is 4. The Bertz CT molecular complexity index is 806. The van der Waals surface area contributed by atoms with Gasteiger partial charge < -0.3 is 10.6 Å². The summed E-state index contributed by atoms with van der Waals surface area (Å²) in [6.07, 6.45) is 0. The summed E-state index contributed by atoms with van der Waals surface area (Å²) < 4.78 is 0.480. The average Bonchev–Trinajstić information content (AvgIpc) is 3.15. The molecule has 3 rings (SSSR count). The Morgan fingerprint density at radius 2 is 1.37 bits per heavy atom. The van der Waals surface area contributed by atoms with Crippen molar-refractivity contribution in [3.05, 3.63) is 65.2 Å². The molecular weight excluding hydrogens is 376 g/mol. The highest BCUT2D eigenvalue weighted by Crippen LogP contribution is 2.45. The summed E-state index contributed by atoms with van der Waals surface area (Å²) in [5, 5.41) is 5.80. The van der Waals surface area contributed by atoms with E-state index in [1.54, 1.807) is 24.3 Å². The number of nitrogens with one attached hydrogen (secondary N) is 2. The van der Waals surface area contributed by atoms with Crippen LogP contribution in [0.25, 0.3) is 0 Å². The minimum absolute atomic E-state index is 0.126. The highest BCUT2D eigenvalue weighted by atomic mass is 32.2. The first kappa shape index (κ1) is 19.8. The maximum absolute atomic E-state index is 12.5. The third-order valence-corrected chi connectivity index (χ3v) is 7.06. The lowest BCUT2D eigenvalue weighted by Gasteiger charge is -2.20. The fourth-order valence-corrected chi connectivity index (χ4v) is 5.52. The first-order valence-corrected chi connectivity index (χ1v) is 11.0. The van der Waals surface area contributed by atoms with Crippen molar-refractivity contribution in [1.29, 1.82) is 0 Å². The maximum Gasteiger partial charge on any atom is 0.255 e. The molecule has 142 valence electrons. The Kier molecular flexibility index (Phi) is 6.17. The van der Waals surface area contributed by atoms with Gasteiger partial charge in [-0.05, 0) is 62.7 Å². The minimum atomic E-state index is -0.286. The van der Waals surface area contributed by atoms with E-state index in [-0.39, 0.29) is 17.4 Å². The molecule has 2 aromatic carbocycles. The molecule has 4 nitrogen and oxygen atoms in total. The van der Waals surface area contributed by atoms with Crippen LogP contribution in [0.3, 0.4) is 0 Å². The van der Waals surface area contributed by atoms with Gasteiger partial charge in [-0.3, -0.25) is 9.59 Å². The highest BCUT2D eigenvalue weighted by Gasteiger charge is 2.19. The molecule has 0 radical (unpaired) electrons. The van der Waals surface area contributed by atoms with E-state index >= 15 is 0 Å². The fraction of sp³-hybridized carbons (Fsp3) is 0.333. The van der Waals surface area contributed by atoms with Crippen LogP contribution >= 0.6 is 23.5 Å². The molecular formula is C21H24N2O2S2. The Balaban J connectivity index is 1.61. The normalized spacial score (nSPS) is 14.8. The van der Waals surface area contributed by atoms with E-state index < -0.39 is 0 Å². The fourth-order valence-electron chi connectivity index (χ4n) is 2.66. The van der Waals surface area contributed by atoms with Crippen LogP contribution in [0.5, 0.6) is 0 Å². The molecule has 0 aromatic heterocycles. The van der Waals surface area contributed by atoms with Crippen molar-refractivity contribution < 1.29 is 9.59 Å². The summed E-state index contributed by atoms with van der Waals surface area (Å²) in [5.74, 6) is 2.08. The van der Waals surface area contributed by atoms with E-state index in [2.05, 4.69) is 10.6 Å². The predicted molar refractivity (Wildman–Crippen MR) is 116 cm³/mol. The molecule has 0 unspecified atom stereocenters. The third kappa shape index (κ3) is 5.53. The molecule has 0 spiro atoms. The van der Waals surface area contributed by atoms with Gasteiger partial charge in [0, 0.05) is 33.9 Å². The molecule has 0 saturated carbocycles. The van der Waals surface area contributed by atoms with Gasteiger partial charge in [0.1, 0.15) is 0 Å². The number of hydrogen-bond donors (Lipinski definition) is 2. The van der Waals surface area contributed by atoms with Crippen molar-refractivity contribution in [2.75, 3.05) is 16.8 Å². The summed E-state index contributed by atoms with van der Waals surface area (Å²) in [5.41, 5.74) is 2.83. The van der Waals surface area contributed by atoms with E-state index in [0.29, 0.717) is 21.4 Å². The van der Waals surface area contributed by atoms with Gasteiger partial charge >= 0.3 is 0 Å². The lowest BCUT2D eigenvalue weighted by atomic mass is 10.1. The first-order valence-electron chi connectivity index (χ1n) is 8.89. The monoisotopic (exact) mass is 400 g/mol. The zero-order valence-electron chi connectivity index (χ0n) is 15.7. The molecule has 0 atom stereocenters. The van der Waals surface area contributed by atoms with E-state index in [4.69, 9.17) is 0 Å². The molecule has 2 aromatic rings. The molecule has 2 amide bonds. The van der Waals surface area contributed by atoms with Crippen LogP contribution in [-0.4, -0.2) is 28.9 Å². The molecule has 2 N–H and O–H groups in total. The molecule has 6 heteroatoms. The number of carbonyl (C=O) groups is 2. The number of benzene rings is 2. The van der Waals surface area contributed by atoms with E-state index in [1.165, 1.54) is 17.1 Å². The van der Waals surface area contributed by atoms with Gasteiger partial charge in [-0.25, -0.2) is 0 Å². The summed E-state index contributed by atoms with van der Waals surface area (Å²) in [6, 6.07) is 14.7. The summed E-state index contributed by atoms with van der Waals surface area (Å²) in [7, 11) is 0. The van der Waals surface area contributed by atoms with Crippen LogP contribution in [0.4, 0.5) is 5.69 Å². The van der Waals surface area contributed by atoms with Crippen LogP contribution in [0.1, 0.15) is 51.6 Å². The molecule has 1 heterocycles. The quantitative estimate of drug-likeness (QED) is 0.763. The average molecular weight is 401 g/mol. The van der Waals surface area contributed by atoms with E-state index in [0.717, 1.165) is 0 Å². The van der Waals surface area contributed by atoms with Crippen molar-refractivity contribution in [3.8, 4) is 0 Å². The zero-order chi connectivity index (χ0) is 19.4. The van der Waals surface area contributed by atoms with Crippen molar-refractivity contribution in [2.45, 2.75) is 30.9 Å². The topological polar surface area (TPSA) is 58.2 Å². The Labute approximate surface area is 168 Å². The maximum atomic E-state index is 12.5. The Morgan fingerprint density at radius 3 is 1.93 bits per heavy atom. The molecule has 0 aliphatic carbocycles. The Hall–Kier alpha value is -1.92.